The summed E-state index contributed by atoms with van der Waals surface area (Å²) in [6.07, 6.45) is 3.68. The van der Waals surface area contributed by atoms with E-state index in [9.17, 15) is 14.4 Å². The van der Waals surface area contributed by atoms with Crippen LogP contribution in [0.2, 0.25) is 0 Å². The van der Waals surface area contributed by atoms with Crippen LogP contribution in [0.25, 0.3) is 10.9 Å². The molecule has 1 saturated heterocycles. The lowest BCUT2D eigenvalue weighted by atomic mass is 9.97. The van der Waals surface area contributed by atoms with Crippen LogP contribution in [0.15, 0.2) is 28.9 Å². The molecule has 9 heteroatoms. The SMILES string of the molecule is COC(=O)[C@@H](Cc1c(Br)[nH]c2ccccc12)NC(=O)[C@H](CC(C)C)NC(=O)N1[C@H](C)CCC[C@@H]1C. The normalized spacial score (nSPS) is 19.9. The fraction of sp³-hybridized carbons (Fsp3) is 0.577. The molecular formula is C26H37BrN4O4. The van der Waals surface area contributed by atoms with E-state index in [-0.39, 0.29) is 30.5 Å². The number of nitrogens with one attached hydrogen (secondary N) is 3. The molecule has 0 saturated carbocycles. The Hall–Kier alpha value is -2.55. The molecule has 192 valence electrons. The van der Waals surface area contributed by atoms with E-state index in [0.29, 0.717) is 6.42 Å². The number of likely N-dealkylation sites (tertiary alicyclic amines) is 1. The minimum Gasteiger partial charge on any atom is -0.467 e. The number of para-hydroxylation sites is 1. The minimum atomic E-state index is -0.901. The molecule has 3 N–H and O–H groups in total. The van der Waals surface area contributed by atoms with Gasteiger partial charge in [0, 0.05) is 29.4 Å². The zero-order valence-electron chi connectivity index (χ0n) is 21.2. The van der Waals surface area contributed by atoms with Gasteiger partial charge in [0.2, 0.25) is 5.91 Å². The molecule has 3 amide bonds. The van der Waals surface area contributed by atoms with Gasteiger partial charge in [-0.15, -0.1) is 0 Å². The van der Waals surface area contributed by atoms with Crippen LogP contribution in [0.4, 0.5) is 4.79 Å². The molecule has 0 aliphatic carbocycles. The molecule has 1 aromatic heterocycles. The Morgan fingerprint density at radius 1 is 1.11 bits per heavy atom. The van der Waals surface area contributed by atoms with Gasteiger partial charge in [0.15, 0.2) is 0 Å². The zero-order chi connectivity index (χ0) is 25.7. The van der Waals surface area contributed by atoms with Gasteiger partial charge in [-0.05, 0) is 73.0 Å². The summed E-state index contributed by atoms with van der Waals surface area (Å²) < 4.78 is 5.76. The van der Waals surface area contributed by atoms with Crippen molar-refractivity contribution in [3.63, 3.8) is 0 Å². The number of benzene rings is 1. The molecule has 35 heavy (non-hydrogen) atoms. The summed E-state index contributed by atoms with van der Waals surface area (Å²) in [5, 5.41) is 6.76. The monoisotopic (exact) mass is 548 g/mol. The standard InChI is InChI=1S/C26H37BrN4O4/c1-15(2)13-21(30-26(34)31-16(3)9-8-10-17(31)4)24(32)29-22(25(33)35-5)14-19-18-11-6-7-12-20(18)28-23(19)27/h6-7,11-12,15-17,21-22,28H,8-10,13-14H2,1-5H3,(H,29,32)(H,30,34)/t16-,17+,21-,22+/m0/s1. The zero-order valence-corrected chi connectivity index (χ0v) is 22.8. The molecule has 0 bridgehead atoms. The van der Waals surface area contributed by atoms with E-state index in [1.54, 1.807) is 0 Å². The fourth-order valence-electron chi connectivity index (χ4n) is 4.93. The first-order valence-electron chi connectivity index (χ1n) is 12.3. The summed E-state index contributed by atoms with van der Waals surface area (Å²) in [6, 6.07) is 6.10. The van der Waals surface area contributed by atoms with E-state index in [2.05, 4.69) is 31.5 Å². The van der Waals surface area contributed by atoms with E-state index >= 15 is 0 Å². The highest BCUT2D eigenvalue weighted by atomic mass is 79.9. The van der Waals surface area contributed by atoms with Crippen molar-refractivity contribution in [1.82, 2.24) is 20.5 Å². The maximum absolute atomic E-state index is 13.4. The Kier molecular flexibility index (Phi) is 9.21. The molecule has 1 aliphatic rings. The van der Waals surface area contributed by atoms with Gasteiger partial charge in [0.1, 0.15) is 12.1 Å². The summed E-state index contributed by atoms with van der Waals surface area (Å²) in [4.78, 5) is 44.3. The molecular weight excluding hydrogens is 512 g/mol. The maximum atomic E-state index is 13.4. The molecule has 2 heterocycles. The number of aromatic nitrogens is 1. The summed E-state index contributed by atoms with van der Waals surface area (Å²) in [6.45, 7) is 8.08. The number of amides is 3. The third-order valence-corrected chi connectivity index (χ3v) is 7.40. The number of esters is 1. The van der Waals surface area contributed by atoms with Crippen LogP contribution in [0, 0.1) is 5.92 Å². The van der Waals surface area contributed by atoms with Crippen molar-refractivity contribution in [2.75, 3.05) is 7.11 Å². The smallest absolute Gasteiger partial charge is 0.328 e. The highest BCUT2D eigenvalue weighted by Gasteiger charge is 2.33. The summed E-state index contributed by atoms with van der Waals surface area (Å²) in [7, 11) is 1.30. The Bertz CT molecular complexity index is 1040. The molecule has 1 fully saturated rings. The van der Waals surface area contributed by atoms with Crippen LogP contribution in [-0.2, 0) is 20.7 Å². The first kappa shape index (κ1) is 27.0. The number of carbonyl (C=O) groups excluding carboxylic acids is 3. The highest BCUT2D eigenvalue weighted by molar-refractivity contribution is 9.10. The van der Waals surface area contributed by atoms with Crippen molar-refractivity contribution < 1.29 is 19.1 Å². The third kappa shape index (κ3) is 6.57. The number of nitrogens with zero attached hydrogens (tertiary/aromatic N) is 1. The number of H-pyrrole nitrogens is 1. The predicted molar refractivity (Wildman–Crippen MR) is 140 cm³/mol. The van der Waals surface area contributed by atoms with E-state index < -0.39 is 24.0 Å². The van der Waals surface area contributed by atoms with Crippen LogP contribution in [-0.4, -0.2) is 59.1 Å². The van der Waals surface area contributed by atoms with Crippen molar-refractivity contribution >= 4 is 44.7 Å². The number of piperidine rings is 1. The molecule has 3 rings (SSSR count). The number of carbonyl (C=O) groups is 3. The average Bonchev–Trinajstić information content (AvgIpc) is 3.12. The van der Waals surface area contributed by atoms with Gasteiger partial charge in [-0.1, -0.05) is 32.0 Å². The number of halogens is 1. The predicted octanol–water partition coefficient (Wildman–Crippen LogP) is 4.52. The first-order chi connectivity index (χ1) is 16.6. The molecule has 1 aromatic carbocycles. The lowest BCUT2D eigenvalue weighted by Gasteiger charge is -2.39. The second-order valence-corrected chi connectivity index (χ2v) is 10.7. The second kappa shape index (κ2) is 11.9. The minimum absolute atomic E-state index is 0.114. The largest absolute Gasteiger partial charge is 0.467 e. The summed E-state index contributed by atoms with van der Waals surface area (Å²) in [5.41, 5.74) is 1.80. The van der Waals surface area contributed by atoms with Gasteiger partial charge in [-0.2, -0.15) is 0 Å². The number of hydrogen-bond acceptors (Lipinski definition) is 4. The maximum Gasteiger partial charge on any atom is 0.328 e. The molecule has 2 aromatic rings. The quantitative estimate of drug-likeness (QED) is 0.422. The van der Waals surface area contributed by atoms with Crippen LogP contribution in [0.5, 0.6) is 0 Å². The van der Waals surface area contributed by atoms with Crippen LogP contribution < -0.4 is 10.6 Å². The van der Waals surface area contributed by atoms with E-state index in [0.717, 1.165) is 40.3 Å². The Balaban J connectivity index is 1.79. The van der Waals surface area contributed by atoms with Gasteiger partial charge >= 0.3 is 12.0 Å². The van der Waals surface area contributed by atoms with Gasteiger partial charge in [0.05, 0.1) is 11.7 Å². The van der Waals surface area contributed by atoms with Gasteiger partial charge in [-0.25, -0.2) is 9.59 Å². The van der Waals surface area contributed by atoms with Gasteiger partial charge < -0.3 is 25.3 Å². The molecule has 0 spiro atoms. The highest BCUT2D eigenvalue weighted by Crippen LogP contribution is 2.28. The first-order valence-corrected chi connectivity index (χ1v) is 13.1. The fourth-order valence-corrected chi connectivity index (χ4v) is 5.52. The van der Waals surface area contributed by atoms with Crippen molar-refractivity contribution in [2.45, 2.75) is 84.0 Å². The van der Waals surface area contributed by atoms with Crippen molar-refractivity contribution in [2.24, 2.45) is 5.92 Å². The number of rotatable bonds is 8. The van der Waals surface area contributed by atoms with Crippen LogP contribution in [0.1, 0.15) is 58.9 Å². The molecule has 0 unspecified atom stereocenters. The molecule has 1 aliphatic heterocycles. The average molecular weight is 550 g/mol. The van der Waals surface area contributed by atoms with E-state index in [1.165, 1.54) is 7.11 Å². The van der Waals surface area contributed by atoms with Crippen LogP contribution >= 0.6 is 15.9 Å². The number of hydrogen-bond donors (Lipinski definition) is 3. The van der Waals surface area contributed by atoms with Crippen LogP contribution in [0.3, 0.4) is 0 Å². The summed E-state index contributed by atoms with van der Waals surface area (Å²) >= 11 is 3.54. The van der Waals surface area contributed by atoms with Gasteiger partial charge in [-0.3, -0.25) is 4.79 Å². The van der Waals surface area contributed by atoms with E-state index in [4.69, 9.17) is 4.74 Å². The number of methoxy groups -OCH3 is 1. The number of fused-ring (bicyclic) bond motifs is 1. The van der Waals surface area contributed by atoms with Crippen molar-refractivity contribution in [1.29, 1.82) is 0 Å². The van der Waals surface area contributed by atoms with Crippen molar-refractivity contribution in [3.05, 3.63) is 34.4 Å². The number of ether oxygens (including phenoxy) is 1. The van der Waals surface area contributed by atoms with Gasteiger partial charge in [0.25, 0.3) is 0 Å². The second-order valence-electron chi connectivity index (χ2n) is 9.92. The Morgan fingerprint density at radius 2 is 1.77 bits per heavy atom. The lowest BCUT2D eigenvalue weighted by Crippen LogP contribution is -2.58. The molecule has 4 atom stereocenters. The Morgan fingerprint density at radius 3 is 2.40 bits per heavy atom. The molecule has 0 radical (unpaired) electrons. The molecule has 8 nitrogen and oxygen atoms in total. The van der Waals surface area contributed by atoms with E-state index in [1.807, 2.05) is 56.9 Å². The third-order valence-electron chi connectivity index (χ3n) is 6.72. The summed E-state index contributed by atoms with van der Waals surface area (Å²) in [5.74, 6) is -0.763. The lowest BCUT2D eigenvalue weighted by molar-refractivity contribution is -0.145. The number of urea groups is 1. The van der Waals surface area contributed by atoms with Crippen molar-refractivity contribution in [3.8, 4) is 0 Å². The Labute approximate surface area is 215 Å². The number of aromatic amines is 1. The topological polar surface area (TPSA) is 104 Å².